The zero-order valence-corrected chi connectivity index (χ0v) is 13.8. The van der Waals surface area contributed by atoms with Crippen LogP contribution in [0.1, 0.15) is 28.6 Å². The molecule has 2 atom stereocenters. The van der Waals surface area contributed by atoms with Crippen molar-refractivity contribution in [1.82, 2.24) is 14.7 Å². The second-order valence-electron chi connectivity index (χ2n) is 5.93. The molecule has 23 heavy (non-hydrogen) atoms. The molecule has 1 aliphatic rings. The lowest BCUT2D eigenvalue weighted by Crippen LogP contribution is -2.34. The van der Waals surface area contributed by atoms with Gasteiger partial charge in [0.1, 0.15) is 12.4 Å². The molecule has 7 nitrogen and oxygen atoms in total. The fraction of sp³-hybridized carbons (Fsp3) is 0.533. The summed E-state index contributed by atoms with van der Waals surface area (Å²) in [6.07, 6.45) is 4.20. The smallest absolute Gasteiger partial charge is 0.306 e. The number of β-amino-alcohol motifs (C(OH)–C–C–N with tert-alkyl or cyclic N) is 1. The Morgan fingerprint density at radius 2 is 2.35 bits per heavy atom. The third-order valence-electron chi connectivity index (χ3n) is 4.13. The minimum absolute atomic E-state index is 0.0506. The van der Waals surface area contributed by atoms with Crippen LogP contribution in [-0.2, 0) is 6.54 Å². The Morgan fingerprint density at radius 3 is 3.00 bits per heavy atom. The third kappa shape index (κ3) is 3.77. The van der Waals surface area contributed by atoms with E-state index in [0.29, 0.717) is 12.6 Å². The van der Waals surface area contributed by atoms with Crippen LogP contribution in [0, 0.1) is 17.0 Å². The molecule has 0 amide bonds. The molecule has 3 rings (SSSR count). The molecule has 1 fully saturated rings. The van der Waals surface area contributed by atoms with Gasteiger partial charge in [-0.3, -0.25) is 19.7 Å². The summed E-state index contributed by atoms with van der Waals surface area (Å²) in [7, 11) is 0. The number of hydrogen-bond acceptors (Lipinski definition) is 6. The largest absolute Gasteiger partial charge is 0.390 e. The fourth-order valence-corrected chi connectivity index (χ4v) is 4.14. The second-order valence-corrected chi connectivity index (χ2v) is 7.25. The first-order valence-corrected chi connectivity index (χ1v) is 8.50. The molecule has 1 N–H and O–H groups in total. The van der Waals surface area contributed by atoms with Crippen LogP contribution in [0.25, 0.3) is 0 Å². The number of aromatic nitrogens is 2. The topological polar surface area (TPSA) is 84.4 Å². The molecular formula is C15H20N4O3S. The van der Waals surface area contributed by atoms with Gasteiger partial charge in [-0.15, -0.1) is 11.3 Å². The van der Waals surface area contributed by atoms with Crippen LogP contribution in [0.2, 0.25) is 0 Å². The third-order valence-corrected chi connectivity index (χ3v) is 5.23. The van der Waals surface area contributed by atoms with Crippen molar-refractivity contribution in [3.05, 3.63) is 44.4 Å². The van der Waals surface area contributed by atoms with Crippen molar-refractivity contribution >= 4 is 17.0 Å². The minimum Gasteiger partial charge on any atom is -0.390 e. The van der Waals surface area contributed by atoms with E-state index < -0.39 is 11.0 Å². The molecule has 0 aromatic carbocycles. The summed E-state index contributed by atoms with van der Waals surface area (Å²) in [5.41, 5.74) is -0.0506. The molecule has 1 saturated heterocycles. The van der Waals surface area contributed by atoms with Crippen LogP contribution in [-0.4, -0.2) is 43.9 Å². The summed E-state index contributed by atoms with van der Waals surface area (Å²) in [6.45, 7) is 3.89. The van der Waals surface area contributed by atoms with Gasteiger partial charge in [0.05, 0.1) is 17.6 Å². The van der Waals surface area contributed by atoms with E-state index in [4.69, 9.17) is 0 Å². The molecule has 1 aliphatic heterocycles. The first-order chi connectivity index (χ1) is 11.0. The number of hydrogen-bond donors (Lipinski definition) is 1. The summed E-state index contributed by atoms with van der Waals surface area (Å²) >= 11 is 1.81. The Bertz CT molecular complexity index is 684. The van der Waals surface area contributed by atoms with Crippen LogP contribution in [0.3, 0.4) is 0 Å². The van der Waals surface area contributed by atoms with Gasteiger partial charge in [0.2, 0.25) is 0 Å². The van der Waals surface area contributed by atoms with Crippen molar-refractivity contribution in [3.63, 3.8) is 0 Å². The van der Waals surface area contributed by atoms with E-state index in [0.717, 1.165) is 19.4 Å². The molecule has 124 valence electrons. The highest BCUT2D eigenvalue weighted by molar-refractivity contribution is 7.12. The number of aryl methyl sites for hydroxylation is 1. The molecule has 0 radical (unpaired) electrons. The zero-order chi connectivity index (χ0) is 16.4. The molecule has 2 aromatic heterocycles. The van der Waals surface area contributed by atoms with Crippen molar-refractivity contribution in [3.8, 4) is 0 Å². The van der Waals surface area contributed by atoms with E-state index in [1.807, 2.05) is 11.3 Å². The minimum atomic E-state index is -0.601. The van der Waals surface area contributed by atoms with E-state index in [1.165, 1.54) is 26.8 Å². The van der Waals surface area contributed by atoms with Crippen LogP contribution in [0.15, 0.2) is 24.5 Å². The Labute approximate surface area is 138 Å². The predicted octanol–water partition coefficient (Wildman–Crippen LogP) is 2.36. The maximum atomic E-state index is 10.7. The molecule has 2 aromatic rings. The summed E-state index contributed by atoms with van der Waals surface area (Å²) in [5, 5.41) is 24.9. The summed E-state index contributed by atoms with van der Waals surface area (Å²) in [6, 6.07) is 4.68. The Morgan fingerprint density at radius 1 is 1.52 bits per heavy atom. The molecule has 8 heteroatoms. The number of nitrogens with zero attached hydrogens (tertiary/aromatic N) is 4. The lowest BCUT2D eigenvalue weighted by molar-refractivity contribution is -0.385. The number of rotatable bonds is 6. The van der Waals surface area contributed by atoms with E-state index in [2.05, 4.69) is 29.1 Å². The molecule has 0 unspecified atom stereocenters. The molecule has 0 aliphatic carbocycles. The lowest BCUT2D eigenvalue weighted by Gasteiger charge is -2.26. The van der Waals surface area contributed by atoms with Crippen LogP contribution < -0.4 is 0 Å². The van der Waals surface area contributed by atoms with Crippen LogP contribution in [0.5, 0.6) is 0 Å². The standard InChI is InChI=1S/C15H20N4O3S/c1-11-4-5-15(23-11)14-3-2-6-17(14)9-13(20)10-18-8-12(7-16-18)19(21)22/h4-5,7-8,13-14,20H,2-3,6,9-10H2,1H3/t13-,14-/m0/s1. The lowest BCUT2D eigenvalue weighted by atomic mass is 10.2. The van der Waals surface area contributed by atoms with Gasteiger partial charge in [0.15, 0.2) is 0 Å². The Kier molecular flexibility index (Phi) is 4.74. The maximum absolute atomic E-state index is 10.7. The normalized spacial score (nSPS) is 20.0. The average Bonchev–Trinajstić information content (AvgIpc) is 3.19. The summed E-state index contributed by atoms with van der Waals surface area (Å²) in [5.74, 6) is 0. The highest BCUT2D eigenvalue weighted by atomic mass is 32.1. The number of likely N-dealkylation sites (tertiary alicyclic amines) is 1. The summed E-state index contributed by atoms with van der Waals surface area (Å²) in [4.78, 5) is 15.1. The fourth-order valence-electron chi connectivity index (χ4n) is 3.09. The monoisotopic (exact) mass is 336 g/mol. The van der Waals surface area contributed by atoms with Crippen molar-refractivity contribution < 1.29 is 10.0 Å². The van der Waals surface area contributed by atoms with Gasteiger partial charge in [0.25, 0.3) is 0 Å². The number of nitro groups is 1. The molecule has 3 heterocycles. The van der Waals surface area contributed by atoms with Gasteiger partial charge in [-0.05, 0) is 38.4 Å². The van der Waals surface area contributed by atoms with Crippen LogP contribution >= 0.6 is 11.3 Å². The SMILES string of the molecule is Cc1ccc([C@@H]2CCCN2C[C@H](O)Cn2cc([N+](=O)[O-])cn2)s1. The number of aliphatic hydroxyl groups excluding tert-OH is 1. The van der Waals surface area contributed by atoms with Gasteiger partial charge < -0.3 is 5.11 Å². The van der Waals surface area contributed by atoms with E-state index in [9.17, 15) is 15.2 Å². The van der Waals surface area contributed by atoms with Gasteiger partial charge in [0, 0.05) is 22.3 Å². The number of thiophene rings is 1. The van der Waals surface area contributed by atoms with Gasteiger partial charge in [-0.2, -0.15) is 5.10 Å². The van der Waals surface area contributed by atoms with Crippen LogP contribution in [0.4, 0.5) is 5.69 Å². The van der Waals surface area contributed by atoms with E-state index >= 15 is 0 Å². The molecule has 0 bridgehead atoms. The second kappa shape index (κ2) is 6.77. The Hall–Kier alpha value is -1.77. The van der Waals surface area contributed by atoms with Crippen molar-refractivity contribution in [1.29, 1.82) is 0 Å². The Balaban J connectivity index is 1.60. The van der Waals surface area contributed by atoms with Gasteiger partial charge in [-0.25, -0.2) is 0 Å². The predicted molar refractivity (Wildman–Crippen MR) is 87.5 cm³/mol. The first-order valence-electron chi connectivity index (χ1n) is 7.68. The van der Waals surface area contributed by atoms with Crippen molar-refractivity contribution in [2.24, 2.45) is 0 Å². The first kappa shape index (κ1) is 16.1. The van der Waals surface area contributed by atoms with E-state index in [-0.39, 0.29) is 12.2 Å². The van der Waals surface area contributed by atoms with Gasteiger partial charge >= 0.3 is 5.69 Å². The summed E-state index contributed by atoms with van der Waals surface area (Å²) < 4.78 is 1.43. The average molecular weight is 336 g/mol. The maximum Gasteiger partial charge on any atom is 0.306 e. The van der Waals surface area contributed by atoms with Gasteiger partial charge in [-0.1, -0.05) is 0 Å². The van der Waals surface area contributed by atoms with E-state index in [1.54, 1.807) is 0 Å². The van der Waals surface area contributed by atoms with Crippen molar-refractivity contribution in [2.75, 3.05) is 13.1 Å². The highest BCUT2D eigenvalue weighted by Crippen LogP contribution is 2.35. The molecule has 0 saturated carbocycles. The quantitative estimate of drug-likeness (QED) is 0.646. The molecular weight excluding hydrogens is 316 g/mol. The molecule has 0 spiro atoms. The zero-order valence-electron chi connectivity index (χ0n) is 13.0. The highest BCUT2D eigenvalue weighted by Gasteiger charge is 2.28. The number of aliphatic hydroxyl groups is 1. The van der Waals surface area contributed by atoms with Crippen molar-refractivity contribution in [2.45, 2.75) is 38.5 Å².